The lowest BCUT2D eigenvalue weighted by atomic mass is 9.89. The Morgan fingerprint density at radius 1 is 1.35 bits per heavy atom. The van der Waals surface area contributed by atoms with E-state index < -0.39 is 0 Å². The van der Waals surface area contributed by atoms with E-state index in [0.717, 1.165) is 23.8 Å². The molecule has 94 valence electrons. The molecule has 4 heteroatoms. The van der Waals surface area contributed by atoms with Crippen molar-refractivity contribution in [2.24, 2.45) is 11.7 Å². The molecule has 0 aromatic carbocycles. The zero-order chi connectivity index (χ0) is 12.1. The van der Waals surface area contributed by atoms with E-state index in [9.17, 15) is 0 Å². The summed E-state index contributed by atoms with van der Waals surface area (Å²) in [6.07, 6.45) is 8.57. The maximum absolute atomic E-state index is 5.73. The van der Waals surface area contributed by atoms with Gasteiger partial charge >= 0.3 is 0 Å². The molecule has 1 aromatic heterocycles. The Balaban J connectivity index is 2.00. The van der Waals surface area contributed by atoms with E-state index in [-0.39, 0.29) is 0 Å². The van der Waals surface area contributed by atoms with Gasteiger partial charge in [0, 0.05) is 25.7 Å². The van der Waals surface area contributed by atoms with Gasteiger partial charge in [-0.25, -0.2) is 0 Å². The molecule has 0 atom stereocenters. The second-order valence-electron chi connectivity index (χ2n) is 4.97. The van der Waals surface area contributed by atoms with Gasteiger partial charge in [-0.15, -0.1) is 5.10 Å². The predicted molar refractivity (Wildman–Crippen MR) is 69.8 cm³/mol. The topological polar surface area (TPSA) is 55.0 Å². The van der Waals surface area contributed by atoms with Crippen LogP contribution in [0.1, 0.15) is 37.7 Å². The second kappa shape index (κ2) is 5.96. The molecule has 1 aliphatic rings. The molecule has 0 amide bonds. The zero-order valence-corrected chi connectivity index (χ0v) is 10.6. The third-order valence-corrected chi connectivity index (χ3v) is 3.62. The highest BCUT2D eigenvalue weighted by Gasteiger charge is 2.17. The number of aromatic nitrogens is 2. The molecule has 1 heterocycles. The summed E-state index contributed by atoms with van der Waals surface area (Å²) in [7, 11) is 2.10. The van der Waals surface area contributed by atoms with E-state index in [0.29, 0.717) is 6.54 Å². The number of anilines is 1. The molecule has 17 heavy (non-hydrogen) atoms. The van der Waals surface area contributed by atoms with Crippen molar-refractivity contribution >= 4 is 5.82 Å². The number of hydrogen-bond acceptors (Lipinski definition) is 4. The highest BCUT2D eigenvalue weighted by atomic mass is 15.2. The van der Waals surface area contributed by atoms with Gasteiger partial charge < -0.3 is 10.6 Å². The van der Waals surface area contributed by atoms with Crippen molar-refractivity contribution in [2.45, 2.75) is 38.6 Å². The highest BCUT2D eigenvalue weighted by Crippen LogP contribution is 2.25. The summed E-state index contributed by atoms with van der Waals surface area (Å²) >= 11 is 0. The monoisotopic (exact) mass is 234 g/mol. The van der Waals surface area contributed by atoms with Gasteiger partial charge in [-0.2, -0.15) is 5.10 Å². The quantitative estimate of drug-likeness (QED) is 0.865. The average Bonchev–Trinajstić information content (AvgIpc) is 2.40. The van der Waals surface area contributed by atoms with Crippen LogP contribution in [-0.2, 0) is 6.54 Å². The summed E-state index contributed by atoms with van der Waals surface area (Å²) in [6.45, 7) is 1.60. The summed E-state index contributed by atoms with van der Waals surface area (Å²) in [5.74, 6) is 1.75. The maximum Gasteiger partial charge on any atom is 0.155 e. The fourth-order valence-electron chi connectivity index (χ4n) is 2.67. The second-order valence-corrected chi connectivity index (χ2v) is 4.97. The highest BCUT2D eigenvalue weighted by molar-refractivity contribution is 5.44. The Hall–Kier alpha value is -1.16. The molecular formula is C13H22N4. The van der Waals surface area contributed by atoms with Crippen molar-refractivity contribution in [1.82, 2.24) is 10.2 Å². The third kappa shape index (κ3) is 3.16. The molecule has 2 N–H and O–H groups in total. The van der Waals surface area contributed by atoms with Crippen molar-refractivity contribution < 1.29 is 0 Å². The van der Waals surface area contributed by atoms with E-state index >= 15 is 0 Å². The molecule has 0 radical (unpaired) electrons. The van der Waals surface area contributed by atoms with Crippen LogP contribution in [0.15, 0.2) is 12.3 Å². The summed E-state index contributed by atoms with van der Waals surface area (Å²) in [4.78, 5) is 2.21. The van der Waals surface area contributed by atoms with Crippen LogP contribution in [-0.4, -0.2) is 23.8 Å². The van der Waals surface area contributed by atoms with Gasteiger partial charge in [0.2, 0.25) is 0 Å². The first-order valence-electron chi connectivity index (χ1n) is 6.53. The Morgan fingerprint density at radius 2 is 2.12 bits per heavy atom. The Bertz CT molecular complexity index is 347. The standard InChI is InChI=1S/C13H22N4/c1-17(10-11-5-3-2-4-6-11)13-12(9-14)7-8-15-16-13/h7-8,11H,2-6,9-10,14H2,1H3. The van der Waals surface area contributed by atoms with E-state index in [1.807, 2.05) is 6.07 Å². The molecule has 1 aromatic rings. The molecule has 1 aliphatic carbocycles. The lowest BCUT2D eigenvalue weighted by Gasteiger charge is -2.28. The van der Waals surface area contributed by atoms with Crippen LogP contribution in [0, 0.1) is 5.92 Å². The minimum absolute atomic E-state index is 0.528. The molecule has 4 nitrogen and oxygen atoms in total. The van der Waals surface area contributed by atoms with E-state index in [2.05, 4.69) is 22.1 Å². The van der Waals surface area contributed by atoms with Gasteiger partial charge in [0.15, 0.2) is 5.82 Å². The summed E-state index contributed by atoms with van der Waals surface area (Å²) < 4.78 is 0. The summed E-state index contributed by atoms with van der Waals surface area (Å²) in [6, 6.07) is 1.96. The van der Waals surface area contributed by atoms with Crippen LogP contribution in [0.2, 0.25) is 0 Å². The van der Waals surface area contributed by atoms with Crippen molar-refractivity contribution in [3.8, 4) is 0 Å². The first kappa shape index (κ1) is 12.3. The molecule has 1 saturated carbocycles. The molecule has 2 rings (SSSR count). The van der Waals surface area contributed by atoms with E-state index in [1.54, 1.807) is 6.20 Å². The van der Waals surface area contributed by atoms with Crippen molar-refractivity contribution in [1.29, 1.82) is 0 Å². The van der Waals surface area contributed by atoms with Crippen LogP contribution < -0.4 is 10.6 Å². The van der Waals surface area contributed by atoms with Gasteiger partial charge in [-0.05, 0) is 24.8 Å². The molecular weight excluding hydrogens is 212 g/mol. The van der Waals surface area contributed by atoms with Crippen molar-refractivity contribution in [2.75, 3.05) is 18.5 Å². The lowest BCUT2D eigenvalue weighted by molar-refractivity contribution is 0.361. The maximum atomic E-state index is 5.73. The first-order chi connectivity index (χ1) is 8.31. The summed E-state index contributed by atoms with van der Waals surface area (Å²) in [5.41, 5.74) is 6.81. The normalized spacial score (nSPS) is 17.1. The van der Waals surface area contributed by atoms with Crippen LogP contribution in [0.3, 0.4) is 0 Å². The average molecular weight is 234 g/mol. The smallest absolute Gasteiger partial charge is 0.155 e. The van der Waals surface area contributed by atoms with Crippen molar-refractivity contribution in [3.63, 3.8) is 0 Å². The number of hydrogen-bond donors (Lipinski definition) is 1. The fraction of sp³-hybridized carbons (Fsp3) is 0.692. The number of rotatable bonds is 4. The van der Waals surface area contributed by atoms with Crippen LogP contribution in [0.5, 0.6) is 0 Å². The largest absolute Gasteiger partial charge is 0.358 e. The van der Waals surface area contributed by atoms with Gasteiger partial charge in [-0.1, -0.05) is 19.3 Å². The van der Waals surface area contributed by atoms with Crippen molar-refractivity contribution in [3.05, 3.63) is 17.8 Å². The Labute approximate surface area is 103 Å². The molecule has 0 bridgehead atoms. The summed E-state index contributed by atoms with van der Waals surface area (Å²) in [5, 5.41) is 8.17. The van der Waals surface area contributed by atoms with Gasteiger partial charge in [0.05, 0.1) is 6.20 Å². The van der Waals surface area contributed by atoms with E-state index in [4.69, 9.17) is 5.73 Å². The number of nitrogens with zero attached hydrogens (tertiary/aromatic N) is 3. The zero-order valence-electron chi connectivity index (χ0n) is 10.6. The fourth-order valence-corrected chi connectivity index (χ4v) is 2.67. The molecule has 0 spiro atoms. The molecule has 0 aliphatic heterocycles. The first-order valence-corrected chi connectivity index (χ1v) is 6.53. The number of nitrogens with two attached hydrogens (primary N) is 1. The Kier molecular flexibility index (Phi) is 4.31. The minimum Gasteiger partial charge on any atom is -0.358 e. The molecule has 0 saturated heterocycles. The van der Waals surface area contributed by atoms with Crippen LogP contribution in [0.25, 0.3) is 0 Å². The molecule has 0 unspecified atom stereocenters. The lowest BCUT2D eigenvalue weighted by Crippen LogP contribution is -2.28. The van der Waals surface area contributed by atoms with E-state index in [1.165, 1.54) is 32.1 Å². The van der Waals surface area contributed by atoms with Gasteiger partial charge in [0.25, 0.3) is 0 Å². The SMILES string of the molecule is CN(CC1CCCCC1)c1nnccc1CN. The van der Waals surface area contributed by atoms with Gasteiger partial charge in [-0.3, -0.25) is 0 Å². The predicted octanol–water partition coefficient (Wildman–Crippen LogP) is 1.95. The van der Waals surface area contributed by atoms with Crippen LogP contribution >= 0.6 is 0 Å². The third-order valence-electron chi connectivity index (χ3n) is 3.62. The minimum atomic E-state index is 0.528. The van der Waals surface area contributed by atoms with Crippen LogP contribution in [0.4, 0.5) is 5.82 Å². The Morgan fingerprint density at radius 3 is 2.82 bits per heavy atom. The molecule has 1 fully saturated rings. The van der Waals surface area contributed by atoms with Gasteiger partial charge in [0.1, 0.15) is 0 Å².